The van der Waals surface area contributed by atoms with E-state index in [1.165, 1.54) is 6.29 Å². The van der Waals surface area contributed by atoms with Crippen LogP contribution in [0.2, 0.25) is 0 Å². The third-order valence-electron chi connectivity index (χ3n) is 19.8. The number of aliphatic hydroxyl groups is 13. The Kier molecular flexibility index (Phi) is 18.2. The summed E-state index contributed by atoms with van der Waals surface area (Å²) < 4.78 is 48.4. The minimum absolute atomic E-state index is 0.00716. The number of aldehydes is 1. The van der Waals surface area contributed by atoms with Crippen LogP contribution >= 0.6 is 0 Å². The smallest absolute Gasteiger partial charge is 0.187 e. The van der Waals surface area contributed by atoms with E-state index in [1.807, 2.05) is 13.8 Å². The van der Waals surface area contributed by atoms with E-state index in [4.69, 9.17) is 37.9 Å². The van der Waals surface area contributed by atoms with Crippen molar-refractivity contribution in [2.45, 2.75) is 235 Å². The van der Waals surface area contributed by atoms with Crippen LogP contribution in [0.1, 0.15) is 106 Å². The van der Waals surface area contributed by atoms with Gasteiger partial charge in [0.15, 0.2) is 25.2 Å². The number of fused-ring (bicyclic) bond motifs is 5. The summed E-state index contributed by atoms with van der Waals surface area (Å²) in [6, 6.07) is 0. The fourth-order valence-corrected chi connectivity index (χ4v) is 15.4. The van der Waals surface area contributed by atoms with Gasteiger partial charge >= 0.3 is 0 Å². The predicted octanol–water partition coefficient (Wildman–Crippen LogP) is -1.75. The summed E-state index contributed by atoms with van der Waals surface area (Å²) in [5.41, 5.74) is -0.882. The molecular weight excluding hydrogens is 977 g/mol. The van der Waals surface area contributed by atoms with Crippen molar-refractivity contribution < 1.29 is 109 Å². The lowest BCUT2D eigenvalue weighted by molar-refractivity contribution is -0.378. The number of carbonyl (C=O) groups excluding carboxylic acids is 1. The molecule has 22 heteroatoms. The molecule has 0 aromatic carbocycles. The first-order chi connectivity index (χ1) is 34.9. The standard InChI is InChI=1S/C52H86O22/c1-23(2)8-7-9-27(69-46-42(65)39(62)37(60)30(72-46)21-68-45-41(64)34(57)26(56)20-67-45)24-12-15-50(5)25(24)10-11-32-51(50,6)16-13-31-49(3,4)33(14-17-52(31,32)22-55)73-48-44(40(63)36(59)29(19-54)71-48)74-47-43(66)38(61)35(58)28(18-53)70-47/h8,22,24-48,53-54,56-66H,7,9-21H2,1-6H3/t24?,25?,26-,27?,28-,29-,30-,31?,32?,33?,34+,35-,36-,37-,38+,39+,40+,41-,42-,43-,44-,45+,46-,47+,48+,50?,51?,52?/m1/s1. The Hall–Kier alpha value is -1.43. The Morgan fingerprint density at radius 1 is 0.608 bits per heavy atom. The zero-order valence-corrected chi connectivity index (χ0v) is 43.5. The first kappa shape index (κ1) is 58.7. The molecule has 9 unspecified atom stereocenters. The van der Waals surface area contributed by atoms with E-state index < -0.39 is 160 Å². The maximum Gasteiger partial charge on any atom is 0.187 e. The highest BCUT2D eigenvalue weighted by atomic mass is 16.8. The minimum atomic E-state index is -1.83. The average molecular weight is 1060 g/mol. The molecule has 8 rings (SSSR count). The van der Waals surface area contributed by atoms with Gasteiger partial charge in [-0.3, -0.25) is 0 Å². The van der Waals surface area contributed by atoms with E-state index >= 15 is 0 Å². The van der Waals surface area contributed by atoms with E-state index in [0.717, 1.165) is 37.7 Å². The van der Waals surface area contributed by atoms with Crippen molar-refractivity contribution in [3.05, 3.63) is 11.6 Å². The van der Waals surface area contributed by atoms with Gasteiger partial charge in [0.1, 0.15) is 97.8 Å². The van der Waals surface area contributed by atoms with Crippen LogP contribution in [0, 0.1) is 45.3 Å². The topological polar surface area (TPSA) is 354 Å². The van der Waals surface area contributed by atoms with Gasteiger partial charge in [-0.2, -0.15) is 0 Å². The highest BCUT2D eigenvalue weighted by Gasteiger charge is 2.71. The summed E-state index contributed by atoms with van der Waals surface area (Å²) in [5.74, 6) is -0.0573. The van der Waals surface area contributed by atoms with Gasteiger partial charge in [0, 0.05) is 5.41 Å². The van der Waals surface area contributed by atoms with Crippen molar-refractivity contribution in [2.75, 3.05) is 26.4 Å². The molecule has 426 valence electrons. The highest BCUT2D eigenvalue weighted by molar-refractivity contribution is 5.62. The fourth-order valence-electron chi connectivity index (χ4n) is 15.4. The zero-order chi connectivity index (χ0) is 54.0. The Morgan fingerprint density at radius 3 is 1.85 bits per heavy atom. The van der Waals surface area contributed by atoms with Crippen molar-refractivity contribution >= 4 is 6.29 Å². The molecule has 74 heavy (non-hydrogen) atoms. The molecule has 4 aliphatic carbocycles. The van der Waals surface area contributed by atoms with Crippen molar-refractivity contribution in [1.82, 2.24) is 0 Å². The molecule has 22 nitrogen and oxygen atoms in total. The molecule has 28 atom stereocenters. The number of aliphatic hydroxyl groups excluding tert-OH is 13. The Balaban J connectivity index is 0.993. The van der Waals surface area contributed by atoms with Crippen molar-refractivity contribution in [3.63, 3.8) is 0 Å². The molecule has 0 radical (unpaired) electrons. The zero-order valence-electron chi connectivity index (χ0n) is 43.5. The molecule has 8 fully saturated rings. The van der Waals surface area contributed by atoms with Crippen LogP contribution in [-0.4, -0.2) is 228 Å². The van der Waals surface area contributed by atoms with Crippen LogP contribution in [0.15, 0.2) is 11.6 Å². The van der Waals surface area contributed by atoms with Crippen molar-refractivity contribution in [1.29, 1.82) is 0 Å². The third-order valence-corrected chi connectivity index (χ3v) is 19.8. The number of rotatable bonds is 16. The molecule has 4 heterocycles. The van der Waals surface area contributed by atoms with Crippen molar-refractivity contribution in [3.8, 4) is 0 Å². The Bertz CT molecular complexity index is 1910. The molecule has 0 amide bonds. The summed E-state index contributed by atoms with van der Waals surface area (Å²) in [5, 5.41) is 138. The molecule has 0 bridgehead atoms. The predicted molar refractivity (Wildman–Crippen MR) is 255 cm³/mol. The lowest BCUT2D eigenvalue weighted by Gasteiger charge is -2.69. The van der Waals surface area contributed by atoms with Gasteiger partial charge in [0.05, 0.1) is 38.6 Å². The number of hydrogen-bond donors (Lipinski definition) is 13. The van der Waals surface area contributed by atoms with Gasteiger partial charge in [-0.25, -0.2) is 0 Å². The lowest BCUT2D eigenvalue weighted by Crippen LogP contribution is -2.67. The molecule has 4 saturated carbocycles. The first-order valence-corrected chi connectivity index (χ1v) is 26.9. The van der Waals surface area contributed by atoms with Crippen LogP contribution in [0.4, 0.5) is 0 Å². The number of ether oxygens (including phenoxy) is 8. The molecule has 4 saturated heterocycles. The van der Waals surface area contributed by atoms with E-state index in [-0.39, 0.29) is 41.1 Å². The summed E-state index contributed by atoms with van der Waals surface area (Å²) in [6.45, 7) is 10.7. The normalized spacial score (nSPS) is 51.8. The minimum Gasteiger partial charge on any atom is -0.394 e. The van der Waals surface area contributed by atoms with Gasteiger partial charge in [-0.1, -0.05) is 39.3 Å². The Morgan fingerprint density at radius 2 is 1.20 bits per heavy atom. The van der Waals surface area contributed by atoms with Crippen LogP contribution < -0.4 is 0 Å². The first-order valence-electron chi connectivity index (χ1n) is 26.9. The number of allylic oxidation sites excluding steroid dienone is 2. The molecule has 4 aliphatic heterocycles. The van der Waals surface area contributed by atoms with Crippen molar-refractivity contribution in [2.24, 2.45) is 45.3 Å². The monoisotopic (exact) mass is 1060 g/mol. The van der Waals surface area contributed by atoms with Crippen LogP contribution in [-0.2, 0) is 42.7 Å². The average Bonchev–Trinajstić information content (AvgIpc) is 3.73. The van der Waals surface area contributed by atoms with E-state index in [0.29, 0.717) is 32.1 Å². The fraction of sp³-hybridized carbons (Fsp3) is 0.942. The van der Waals surface area contributed by atoms with E-state index in [1.54, 1.807) is 0 Å². The highest BCUT2D eigenvalue weighted by Crippen LogP contribution is 2.75. The van der Waals surface area contributed by atoms with Gasteiger partial charge in [0.25, 0.3) is 0 Å². The summed E-state index contributed by atoms with van der Waals surface area (Å²) in [4.78, 5) is 14.1. The molecule has 0 aromatic rings. The van der Waals surface area contributed by atoms with Crippen LogP contribution in [0.5, 0.6) is 0 Å². The summed E-state index contributed by atoms with van der Waals surface area (Å²) >= 11 is 0. The second-order valence-corrected chi connectivity index (χ2v) is 24.2. The SMILES string of the molecule is CC(C)=CCCC(O[C@@H]1O[C@H](CO[C@@H]2OC[C@@H](O)[C@H](O)[C@H]2O)[C@@H](O)[C@H](O)[C@H]1O)C1CCC2(C)C1CCC1C3(C=O)CCC(O[C@@H]4O[C@H](CO)[C@@H](O)[C@H](O)[C@H]4O[C@@H]4O[C@H](CO)[C@@H](O)[C@H](O)[C@H]4O)C(C)(C)C3CCC12C. The quantitative estimate of drug-likeness (QED) is 0.0463. The lowest BCUT2D eigenvalue weighted by atomic mass is 9.35. The van der Waals surface area contributed by atoms with E-state index in [2.05, 4.69) is 33.8 Å². The van der Waals surface area contributed by atoms with Gasteiger partial charge < -0.3 is 109 Å². The molecule has 8 aliphatic rings. The largest absolute Gasteiger partial charge is 0.394 e. The third kappa shape index (κ3) is 10.4. The summed E-state index contributed by atoms with van der Waals surface area (Å²) in [7, 11) is 0. The second-order valence-electron chi connectivity index (χ2n) is 24.2. The molecular formula is C52H86O22. The molecule has 0 aromatic heterocycles. The maximum atomic E-state index is 14.1. The Labute approximate surface area is 432 Å². The van der Waals surface area contributed by atoms with Crippen LogP contribution in [0.3, 0.4) is 0 Å². The van der Waals surface area contributed by atoms with E-state index in [9.17, 15) is 71.2 Å². The van der Waals surface area contributed by atoms with Gasteiger partial charge in [-0.05, 0) is 118 Å². The second kappa shape index (κ2) is 23.0. The van der Waals surface area contributed by atoms with Crippen LogP contribution in [0.25, 0.3) is 0 Å². The van der Waals surface area contributed by atoms with Gasteiger partial charge in [0.2, 0.25) is 0 Å². The maximum absolute atomic E-state index is 14.1. The molecule has 0 spiro atoms. The van der Waals surface area contributed by atoms with Gasteiger partial charge in [-0.15, -0.1) is 0 Å². The molecule has 13 N–H and O–H groups in total. The summed E-state index contributed by atoms with van der Waals surface area (Å²) in [6.07, 6.45) is -20.2. The number of carbonyl (C=O) groups is 1. The number of hydrogen-bond acceptors (Lipinski definition) is 22.